The number of esters is 2. The lowest BCUT2D eigenvalue weighted by Gasteiger charge is -2.18. The Bertz CT molecular complexity index is 1330. The molecular formula is C27H34Cl2N2O8S2. The van der Waals surface area contributed by atoms with Gasteiger partial charge in [0.05, 0.1) is 34.1 Å². The van der Waals surface area contributed by atoms with Gasteiger partial charge in [-0.1, -0.05) is 27.7 Å². The van der Waals surface area contributed by atoms with Gasteiger partial charge in [-0.15, -0.1) is 23.2 Å². The van der Waals surface area contributed by atoms with Gasteiger partial charge in [0, 0.05) is 38.0 Å². The van der Waals surface area contributed by atoms with E-state index in [1.807, 2.05) is 0 Å². The minimum absolute atomic E-state index is 0.0718. The molecular weight excluding hydrogens is 615 g/mol. The van der Waals surface area contributed by atoms with Crippen LogP contribution in [-0.2, 0) is 29.5 Å². The van der Waals surface area contributed by atoms with Crippen LogP contribution in [0.4, 0.5) is 0 Å². The maximum absolute atomic E-state index is 12.6. The van der Waals surface area contributed by atoms with Crippen LogP contribution in [0.25, 0.3) is 0 Å². The number of hydrogen-bond acceptors (Lipinski definition) is 8. The number of halogens is 2. The Kier molecular flexibility index (Phi) is 10.9. The molecule has 0 aromatic heterocycles. The number of carbonyl (C=O) groups excluding carboxylic acids is 2. The molecule has 1 aliphatic rings. The van der Waals surface area contributed by atoms with Crippen LogP contribution in [-0.4, -0.2) is 81.1 Å². The van der Waals surface area contributed by atoms with Crippen molar-refractivity contribution < 1.29 is 35.9 Å². The predicted molar refractivity (Wildman–Crippen MR) is 155 cm³/mol. The molecule has 0 aliphatic heterocycles. The van der Waals surface area contributed by atoms with Crippen molar-refractivity contribution in [1.29, 1.82) is 0 Å². The Morgan fingerprint density at radius 2 is 0.951 bits per heavy atom. The first kappa shape index (κ1) is 33.3. The van der Waals surface area contributed by atoms with Crippen molar-refractivity contribution in [3.8, 4) is 0 Å². The monoisotopic (exact) mass is 648 g/mol. The SMILES string of the molecule is CCN(CC)S(=O)(=O)c1ccc(C(=O)OC[C@@H]2[C@@H](COC(=O)c3ccc(S(=O)(=O)N(CC)CC)cc3)C2(Cl)Cl)cc1. The van der Waals surface area contributed by atoms with Crippen LogP contribution in [0.1, 0.15) is 48.4 Å². The van der Waals surface area contributed by atoms with Crippen LogP contribution >= 0.6 is 23.2 Å². The van der Waals surface area contributed by atoms with Crippen molar-refractivity contribution in [3.63, 3.8) is 0 Å². The van der Waals surface area contributed by atoms with E-state index >= 15 is 0 Å². The summed E-state index contributed by atoms with van der Waals surface area (Å²) in [6.07, 6.45) is 0. The van der Waals surface area contributed by atoms with E-state index in [2.05, 4.69) is 0 Å². The third-order valence-electron chi connectivity index (χ3n) is 7.02. The molecule has 0 bridgehead atoms. The summed E-state index contributed by atoms with van der Waals surface area (Å²) < 4.78 is 62.5. The molecule has 0 amide bonds. The molecule has 2 aromatic rings. The minimum Gasteiger partial charge on any atom is -0.462 e. The lowest BCUT2D eigenvalue weighted by atomic mass is 10.2. The first-order valence-corrected chi connectivity index (χ1v) is 16.8. The summed E-state index contributed by atoms with van der Waals surface area (Å²) in [6, 6.07) is 10.9. The van der Waals surface area contributed by atoms with Gasteiger partial charge in [-0.25, -0.2) is 26.4 Å². The average molecular weight is 650 g/mol. The highest BCUT2D eigenvalue weighted by Crippen LogP contribution is 2.59. The highest BCUT2D eigenvalue weighted by atomic mass is 35.5. The second-order valence-electron chi connectivity index (χ2n) is 9.31. The number of sulfonamides is 2. The van der Waals surface area contributed by atoms with Crippen molar-refractivity contribution in [2.45, 2.75) is 41.8 Å². The summed E-state index contributed by atoms with van der Waals surface area (Å²) in [5, 5.41) is 0. The fourth-order valence-electron chi connectivity index (χ4n) is 4.36. The Balaban J connectivity index is 1.54. The van der Waals surface area contributed by atoms with E-state index in [1.165, 1.54) is 57.1 Å². The van der Waals surface area contributed by atoms with Crippen LogP contribution in [0.3, 0.4) is 0 Å². The standard InChI is InChI=1S/C27H34Cl2N2O8S2/c1-5-30(6-2)40(34,35)21-13-9-19(10-14-21)25(32)38-17-23-24(27(23,28)29)18-39-26(33)20-11-15-22(16-12-20)41(36,37)31(7-3)8-4/h9-16,23-24H,5-8,17-18H2,1-4H3/t23-,24-/m1/s1. The molecule has 14 heteroatoms. The van der Waals surface area contributed by atoms with Gasteiger partial charge in [0.1, 0.15) is 4.33 Å². The van der Waals surface area contributed by atoms with Crippen LogP contribution < -0.4 is 0 Å². The molecule has 10 nitrogen and oxygen atoms in total. The first-order chi connectivity index (χ1) is 19.2. The number of benzene rings is 2. The fourth-order valence-corrected chi connectivity index (χ4v) is 8.01. The summed E-state index contributed by atoms with van der Waals surface area (Å²) in [5.41, 5.74) is 0.321. The molecule has 41 heavy (non-hydrogen) atoms. The number of alkyl halides is 2. The topological polar surface area (TPSA) is 127 Å². The van der Waals surface area contributed by atoms with Crippen molar-refractivity contribution >= 4 is 55.2 Å². The maximum atomic E-state index is 12.6. The average Bonchev–Trinajstić information content (AvgIpc) is 3.49. The van der Waals surface area contributed by atoms with Crippen molar-refractivity contribution in [3.05, 3.63) is 59.7 Å². The molecule has 1 saturated carbocycles. The highest BCUT2D eigenvalue weighted by Gasteiger charge is 2.64. The molecule has 1 aliphatic carbocycles. The summed E-state index contributed by atoms with van der Waals surface area (Å²) in [4.78, 5) is 25.2. The zero-order valence-electron chi connectivity index (χ0n) is 23.2. The Morgan fingerprint density at radius 3 is 1.22 bits per heavy atom. The molecule has 0 heterocycles. The van der Waals surface area contributed by atoms with Gasteiger partial charge in [0.2, 0.25) is 20.0 Å². The number of nitrogens with zero attached hydrogens (tertiary/aromatic N) is 2. The molecule has 0 unspecified atom stereocenters. The molecule has 3 rings (SSSR count). The molecule has 226 valence electrons. The molecule has 1 fully saturated rings. The Morgan fingerprint density at radius 1 is 0.659 bits per heavy atom. The van der Waals surface area contributed by atoms with Gasteiger partial charge in [0.25, 0.3) is 0 Å². The summed E-state index contributed by atoms with van der Waals surface area (Å²) in [5.74, 6) is -2.34. The first-order valence-electron chi connectivity index (χ1n) is 13.2. The minimum atomic E-state index is -3.65. The molecule has 0 N–H and O–H groups in total. The Labute approximate surface area is 251 Å². The maximum Gasteiger partial charge on any atom is 0.338 e. The van der Waals surface area contributed by atoms with E-state index < -0.39 is 48.2 Å². The number of ether oxygens (including phenoxy) is 2. The molecule has 2 atom stereocenters. The molecule has 0 spiro atoms. The molecule has 0 saturated heterocycles. The summed E-state index contributed by atoms with van der Waals surface area (Å²) in [7, 11) is -7.31. The largest absolute Gasteiger partial charge is 0.462 e. The summed E-state index contributed by atoms with van der Waals surface area (Å²) >= 11 is 12.7. The fraction of sp³-hybridized carbons (Fsp3) is 0.481. The van der Waals surface area contributed by atoms with Crippen molar-refractivity contribution in [1.82, 2.24) is 8.61 Å². The second-order valence-corrected chi connectivity index (χ2v) is 14.6. The zero-order chi connectivity index (χ0) is 30.6. The third kappa shape index (κ3) is 7.23. The molecule has 2 aromatic carbocycles. The lowest BCUT2D eigenvalue weighted by molar-refractivity contribution is 0.0419. The van der Waals surface area contributed by atoms with E-state index in [1.54, 1.807) is 27.7 Å². The smallest absolute Gasteiger partial charge is 0.338 e. The lowest BCUT2D eigenvalue weighted by Crippen LogP contribution is -2.30. The Hall–Kier alpha value is -2.22. The third-order valence-corrected chi connectivity index (χ3v) is 12.3. The number of carbonyl (C=O) groups is 2. The van der Waals surface area contributed by atoms with E-state index in [0.717, 1.165) is 0 Å². The second kappa shape index (κ2) is 13.4. The quantitative estimate of drug-likeness (QED) is 0.220. The van der Waals surface area contributed by atoms with Crippen LogP contribution in [0.2, 0.25) is 0 Å². The van der Waals surface area contributed by atoms with E-state index in [0.29, 0.717) is 26.2 Å². The number of hydrogen-bond donors (Lipinski definition) is 0. The van der Waals surface area contributed by atoms with Gasteiger partial charge in [0.15, 0.2) is 0 Å². The van der Waals surface area contributed by atoms with Crippen molar-refractivity contribution in [2.75, 3.05) is 39.4 Å². The summed E-state index contributed by atoms with van der Waals surface area (Å²) in [6.45, 7) is 8.01. The number of rotatable bonds is 14. The highest BCUT2D eigenvalue weighted by molar-refractivity contribution is 7.89. The molecule has 0 radical (unpaired) electrons. The van der Waals surface area contributed by atoms with Crippen LogP contribution in [0.5, 0.6) is 0 Å². The van der Waals surface area contributed by atoms with E-state index in [-0.39, 0.29) is 34.1 Å². The van der Waals surface area contributed by atoms with Crippen LogP contribution in [0, 0.1) is 11.8 Å². The van der Waals surface area contributed by atoms with Crippen LogP contribution in [0.15, 0.2) is 58.3 Å². The zero-order valence-corrected chi connectivity index (χ0v) is 26.4. The predicted octanol–water partition coefficient (Wildman–Crippen LogP) is 4.18. The van der Waals surface area contributed by atoms with Gasteiger partial charge in [-0.3, -0.25) is 0 Å². The van der Waals surface area contributed by atoms with Crippen molar-refractivity contribution in [2.24, 2.45) is 11.8 Å². The van der Waals surface area contributed by atoms with E-state index in [4.69, 9.17) is 32.7 Å². The normalized spacial score (nSPS) is 18.3. The van der Waals surface area contributed by atoms with E-state index in [9.17, 15) is 26.4 Å². The van der Waals surface area contributed by atoms with Gasteiger partial charge >= 0.3 is 11.9 Å². The van der Waals surface area contributed by atoms with Gasteiger partial charge < -0.3 is 9.47 Å². The van der Waals surface area contributed by atoms with Gasteiger partial charge in [-0.2, -0.15) is 8.61 Å². The van der Waals surface area contributed by atoms with Gasteiger partial charge in [-0.05, 0) is 48.5 Å².